The lowest BCUT2D eigenvalue weighted by Crippen LogP contribution is -2.42. The van der Waals surface area contributed by atoms with Gasteiger partial charge in [0.1, 0.15) is 0 Å². The van der Waals surface area contributed by atoms with Crippen LogP contribution in [0.4, 0.5) is 4.79 Å². The molecule has 1 aliphatic rings. The van der Waals surface area contributed by atoms with E-state index < -0.39 is 0 Å². The Labute approximate surface area is 104 Å². The standard InChI is InChI=1S/C12H24N2O3/c1-3-4-9-17-12(15)13(2)5-6-14-7-10-16-11-8-14/h3-11H2,1-2H3. The van der Waals surface area contributed by atoms with Crippen LogP contribution >= 0.6 is 0 Å². The van der Waals surface area contributed by atoms with Gasteiger partial charge in [-0.15, -0.1) is 0 Å². The van der Waals surface area contributed by atoms with Crippen molar-refractivity contribution in [3.05, 3.63) is 0 Å². The molecule has 0 N–H and O–H groups in total. The molecule has 0 spiro atoms. The minimum absolute atomic E-state index is 0.216. The molecule has 100 valence electrons. The molecule has 1 amide bonds. The fourth-order valence-electron chi connectivity index (χ4n) is 1.62. The Hall–Kier alpha value is -0.810. The van der Waals surface area contributed by atoms with E-state index in [1.54, 1.807) is 11.9 Å². The summed E-state index contributed by atoms with van der Waals surface area (Å²) in [6.45, 7) is 7.72. The maximum atomic E-state index is 11.6. The highest BCUT2D eigenvalue weighted by atomic mass is 16.6. The predicted molar refractivity (Wildman–Crippen MR) is 66.1 cm³/mol. The maximum absolute atomic E-state index is 11.6. The van der Waals surface area contributed by atoms with Crippen LogP contribution in [0.1, 0.15) is 19.8 Å². The number of hydrogen-bond acceptors (Lipinski definition) is 4. The number of nitrogens with zero attached hydrogens (tertiary/aromatic N) is 2. The summed E-state index contributed by atoms with van der Waals surface area (Å²) < 4.78 is 10.4. The summed E-state index contributed by atoms with van der Waals surface area (Å²) in [4.78, 5) is 15.5. The van der Waals surface area contributed by atoms with Gasteiger partial charge in [0.15, 0.2) is 0 Å². The molecule has 1 fully saturated rings. The minimum atomic E-state index is -0.216. The second kappa shape index (κ2) is 8.31. The van der Waals surface area contributed by atoms with Crippen LogP contribution in [-0.2, 0) is 9.47 Å². The molecule has 0 saturated carbocycles. The summed E-state index contributed by atoms with van der Waals surface area (Å²) in [5, 5.41) is 0. The first-order valence-corrected chi connectivity index (χ1v) is 6.42. The van der Waals surface area contributed by atoms with Gasteiger partial charge in [0.05, 0.1) is 19.8 Å². The molecular weight excluding hydrogens is 220 g/mol. The van der Waals surface area contributed by atoms with Crippen molar-refractivity contribution in [3.63, 3.8) is 0 Å². The van der Waals surface area contributed by atoms with Gasteiger partial charge < -0.3 is 14.4 Å². The zero-order valence-electron chi connectivity index (χ0n) is 11.0. The third-order valence-electron chi connectivity index (χ3n) is 2.89. The maximum Gasteiger partial charge on any atom is 0.409 e. The number of ether oxygens (including phenoxy) is 2. The van der Waals surface area contributed by atoms with Crippen molar-refractivity contribution in [1.82, 2.24) is 9.80 Å². The van der Waals surface area contributed by atoms with Gasteiger partial charge in [0.25, 0.3) is 0 Å². The summed E-state index contributed by atoms with van der Waals surface area (Å²) in [5.41, 5.74) is 0. The van der Waals surface area contributed by atoms with Gasteiger partial charge in [0, 0.05) is 33.2 Å². The highest BCUT2D eigenvalue weighted by Gasteiger charge is 2.14. The van der Waals surface area contributed by atoms with Crippen LogP contribution in [0.25, 0.3) is 0 Å². The van der Waals surface area contributed by atoms with Crippen molar-refractivity contribution in [2.75, 3.05) is 53.0 Å². The largest absolute Gasteiger partial charge is 0.449 e. The fourth-order valence-corrected chi connectivity index (χ4v) is 1.62. The van der Waals surface area contributed by atoms with Gasteiger partial charge >= 0.3 is 6.09 Å². The van der Waals surface area contributed by atoms with E-state index in [1.165, 1.54) is 0 Å². The number of amides is 1. The number of morpholine rings is 1. The summed E-state index contributed by atoms with van der Waals surface area (Å²) >= 11 is 0. The van der Waals surface area contributed by atoms with E-state index >= 15 is 0 Å². The summed E-state index contributed by atoms with van der Waals surface area (Å²) in [5.74, 6) is 0. The summed E-state index contributed by atoms with van der Waals surface area (Å²) in [6.07, 6.45) is 1.76. The Morgan fingerprint density at radius 3 is 2.76 bits per heavy atom. The molecule has 0 unspecified atom stereocenters. The van der Waals surface area contributed by atoms with Gasteiger partial charge in [-0.2, -0.15) is 0 Å². The molecule has 5 nitrogen and oxygen atoms in total. The van der Waals surface area contributed by atoms with Gasteiger partial charge in [0.2, 0.25) is 0 Å². The predicted octanol–water partition coefficient (Wildman–Crippen LogP) is 1.19. The number of hydrogen-bond donors (Lipinski definition) is 0. The first-order chi connectivity index (χ1) is 8.24. The van der Waals surface area contributed by atoms with Gasteiger partial charge in [-0.25, -0.2) is 4.79 Å². The highest BCUT2D eigenvalue weighted by Crippen LogP contribution is 1.98. The molecule has 0 aromatic heterocycles. The van der Waals surface area contributed by atoms with Crippen molar-refractivity contribution < 1.29 is 14.3 Å². The Morgan fingerprint density at radius 1 is 1.41 bits per heavy atom. The molecule has 5 heteroatoms. The van der Waals surface area contributed by atoms with Crippen molar-refractivity contribution >= 4 is 6.09 Å². The molecule has 1 rings (SSSR count). The summed E-state index contributed by atoms with van der Waals surface area (Å²) in [6, 6.07) is 0. The van der Waals surface area contributed by atoms with Crippen LogP contribution in [0.2, 0.25) is 0 Å². The molecule has 0 aliphatic carbocycles. The van der Waals surface area contributed by atoms with E-state index in [0.717, 1.165) is 45.7 Å². The van der Waals surface area contributed by atoms with Crippen LogP contribution in [0.3, 0.4) is 0 Å². The Balaban J connectivity index is 2.10. The number of carbonyl (C=O) groups is 1. The van der Waals surface area contributed by atoms with Crippen LogP contribution in [0.5, 0.6) is 0 Å². The van der Waals surface area contributed by atoms with Crippen molar-refractivity contribution in [2.45, 2.75) is 19.8 Å². The van der Waals surface area contributed by atoms with Gasteiger partial charge in [-0.05, 0) is 6.42 Å². The third-order valence-corrected chi connectivity index (χ3v) is 2.89. The first kappa shape index (κ1) is 14.3. The van der Waals surface area contributed by atoms with Gasteiger partial charge in [-0.3, -0.25) is 4.90 Å². The first-order valence-electron chi connectivity index (χ1n) is 6.42. The molecule has 1 saturated heterocycles. The Kier molecular flexibility index (Phi) is 6.96. The minimum Gasteiger partial charge on any atom is -0.449 e. The van der Waals surface area contributed by atoms with E-state index in [1.807, 2.05) is 0 Å². The molecule has 1 heterocycles. The second-order valence-corrected chi connectivity index (χ2v) is 4.34. The van der Waals surface area contributed by atoms with Crippen molar-refractivity contribution in [2.24, 2.45) is 0 Å². The van der Waals surface area contributed by atoms with Gasteiger partial charge in [-0.1, -0.05) is 13.3 Å². The van der Waals surface area contributed by atoms with Crippen molar-refractivity contribution in [3.8, 4) is 0 Å². The molecule has 17 heavy (non-hydrogen) atoms. The molecule has 0 bridgehead atoms. The number of unbranched alkanes of at least 4 members (excludes halogenated alkanes) is 1. The molecule has 0 atom stereocenters. The Morgan fingerprint density at radius 2 is 2.12 bits per heavy atom. The fraction of sp³-hybridized carbons (Fsp3) is 0.917. The average Bonchev–Trinajstić information content (AvgIpc) is 2.37. The molecular formula is C12H24N2O3. The third kappa shape index (κ3) is 5.89. The lowest BCUT2D eigenvalue weighted by molar-refractivity contribution is 0.0335. The van der Waals surface area contributed by atoms with Crippen LogP contribution < -0.4 is 0 Å². The molecule has 1 aliphatic heterocycles. The van der Waals surface area contributed by atoms with Crippen LogP contribution in [-0.4, -0.2) is 68.9 Å². The average molecular weight is 244 g/mol. The Bertz CT molecular complexity index is 218. The number of rotatable bonds is 6. The number of carbonyl (C=O) groups excluding carboxylic acids is 1. The van der Waals surface area contributed by atoms with Crippen LogP contribution in [0.15, 0.2) is 0 Å². The SMILES string of the molecule is CCCCOC(=O)N(C)CCN1CCOCC1. The second-order valence-electron chi connectivity index (χ2n) is 4.34. The van der Waals surface area contributed by atoms with E-state index in [0.29, 0.717) is 13.2 Å². The van der Waals surface area contributed by atoms with E-state index in [-0.39, 0.29) is 6.09 Å². The van der Waals surface area contributed by atoms with E-state index in [9.17, 15) is 4.79 Å². The lowest BCUT2D eigenvalue weighted by Gasteiger charge is -2.28. The van der Waals surface area contributed by atoms with Crippen molar-refractivity contribution in [1.29, 1.82) is 0 Å². The van der Waals surface area contributed by atoms with E-state index in [2.05, 4.69) is 11.8 Å². The molecule has 0 aromatic rings. The molecule has 0 radical (unpaired) electrons. The smallest absolute Gasteiger partial charge is 0.409 e. The zero-order valence-corrected chi connectivity index (χ0v) is 11.0. The highest BCUT2D eigenvalue weighted by molar-refractivity contribution is 5.67. The normalized spacial score (nSPS) is 16.8. The lowest BCUT2D eigenvalue weighted by atomic mass is 10.4. The quantitative estimate of drug-likeness (QED) is 0.658. The van der Waals surface area contributed by atoms with Crippen LogP contribution in [0, 0.1) is 0 Å². The zero-order chi connectivity index (χ0) is 12.5. The summed E-state index contributed by atoms with van der Waals surface area (Å²) in [7, 11) is 1.79. The van der Waals surface area contributed by atoms with E-state index in [4.69, 9.17) is 9.47 Å². The number of likely N-dealkylation sites (N-methyl/N-ethyl adjacent to an activating group) is 1. The topological polar surface area (TPSA) is 42.0 Å². The molecule has 0 aromatic carbocycles. The monoisotopic (exact) mass is 244 g/mol.